The van der Waals surface area contributed by atoms with Gasteiger partial charge in [0.05, 0.1) is 11.7 Å². The van der Waals surface area contributed by atoms with E-state index in [9.17, 15) is 4.79 Å². The van der Waals surface area contributed by atoms with Gasteiger partial charge in [-0.1, -0.05) is 51.8 Å². The van der Waals surface area contributed by atoms with E-state index in [1.807, 2.05) is 90.7 Å². The third-order valence-corrected chi connectivity index (χ3v) is 7.04. The summed E-state index contributed by atoms with van der Waals surface area (Å²) in [7, 11) is 0. The molecule has 182 valence electrons. The van der Waals surface area contributed by atoms with E-state index >= 15 is 0 Å². The van der Waals surface area contributed by atoms with Crippen molar-refractivity contribution < 1.29 is 9.21 Å². The number of carbonyl (C=O) groups is 1. The van der Waals surface area contributed by atoms with Gasteiger partial charge in [-0.3, -0.25) is 9.78 Å². The Morgan fingerprint density at radius 1 is 1.08 bits per heavy atom. The predicted molar refractivity (Wildman–Crippen MR) is 148 cm³/mol. The fourth-order valence-corrected chi connectivity index (χ4v) is 4.91. The molecule has 4 aromatic rings. The molecule has 1 saturated heterocycles. The van der Waals surface area contributed by atoms with Crippen LogP contribution in [0, 0.1) is 6.92 Å². The number of hydrogen-bond donors (Lipinski definition) is 2. The summed E-state index contributed by atoms with van der Waals surface area (Å²) in [5.74, 6) is 1.46. The van der Waals surface area contributed by atoms with Gasteiger partial charge >= 0.3 is 0 Å². The highest BCUT2D eigenvalue weighted by Crippen LogP contribution is 2.40. The number of halogens is 1. The van der Waals surface area contributed by atoms with Crippen molar-refractivity contribution >= 4 is 44.9 Å². The van der Waals surface area contributed by atoms with Gasteiger partial charge in [0.15, 0.2) is 5.11 Å². The van der Waals surface area contributed by atoms with Crippen LogP contribution < -0.4 is 10.6 Å². The van der Waals surface area contributed by atoms with Crippen molar-refractivity contribution in [2.45, 2.75) is 25.4 Å². The summed E-state index contributed by atoms with van der Waals surface area (Å²) < 4.78 is 7.36. The SMILES string of the molecule is Cc1ccc(NC(=O)CCN2C(=S)N[C@@H](c3ccccn3)[C@H]2c2ccc(-c3ccc(Br)cc3)o2)cc1. The Morgan fingerprint density at radius 2 is 1.86 bits per heavy atom. The molecular weight excluding hydrogens is 536 g/mol. The van der Waals surface area contributed by atoms with Crippen LogP contribution in [-0.2, 0) is 4.79 Å². The molecule has 1 amide bonds. The standard InChI is InChI=1S/C28H25BrN4O2S/c1-18-5-11-21(12-6-18)31-25(34)15-17-33-27(26(32-28(33)36)22-4-2-3-16-30-22)24-14-13-23(35-24)19-7-9-20(29)10-8-19/h2-14,16,26-27H,15,17H2,1H3,(H,31,34)(H,32,36)/t26-,27+/m0/s1. The maximum absolute atomic E-state index is 12.7. The highest BCUT2D eigenvalue weighted by Gasteiger charge is 2.41. The lowest BCUT2D eigenvalue weighted by molar-refractivity contribution is -0.116. The summed E-state index contributed by atoms with van der Waals surface area (Å²) in [5, 5.41) is 6.94. The lowest BCUT2D eigenvalue weighted by atomic mass is 10.0. The molecule has 6 nitrogen and oxygen atoms in total. The molecule has 1 aliphatic rings. The summed E-state index contributed by atoms with van der Waals surface area (Å²) in [4.78, 5) is 19.3. The number of amides is 1. The number of nitrogens with zero attached hydrogens (tertiary/aromatic N) is 2. The molecule has 1 aliphatic heterocycles. The number of benzene rings is 2. The van der Waals surface area contributed by atoms with E-state index in [0.29, 0.717) is 11.7 Å². The molecule has 0 radical (unpaired) electrons. The van der Waals surface area contributed by atoms with Gasteiger partial charge in [0.1, 0.15) is 17.6 Å². The minimum absolute atomic E-state index is 0.0725. The third kappa shape index (κ3) is 5.34. The van der Waals surface area contributed by atoms with Gasteiger partial charge in [-0.05, 0) is 67.7 Å². The Balaban J connectivity index is 1.38. The normalized spacial score (nSPS) is 17.2. The molecule has 0 unspecified atom stereocenters. The Kier molecular flexibility index (Phi) is 7.16. The first-order valence-corrected chi connectivity index (χ1v) is 12.9. The Morgan fingerprint density at radius 3 is 2.58 bits per heavy atom. The number of furan rings is 1. The predicted octanol–water partition coefficient (Wildman–Crippen LogP) is 6.41. The number of pyridine rings is 1. The largest absolute Gasteiger partial charge is 0.459 e. The second kappa shape index (κ2) is 10.6. The number of rotatable bonds is 7. The van der Waals surface area contributed by atoms with Gasteiger partial charge in [-0.2, -0.15) is 0 Å². The van der Waals surface area contributed by atoms with Crippen molar-refractivity contribution in [3.05, 3.63) is 107 Å². The lowest BCUT2D eigenvalue weighted by Crippen LogP contribution is -2.32. The molecule has 2 N–H and O–H groups in total. The molecule has 5 rings (SSSR count). The smallest absolute Gasteiger partial charge is 0.226 e. The average Bonchev–Trinajstić information content (AvgIpc) is 3.50. The Bertz CT molecular complexity index is 1360. The summed E-state index contributed by atoms with van der Waals surface area (Å²) in [5.41, 5.74) is 3.76. The van der Waals surface area contributed by atoms with Gasteiger partial charge in [-0.25, -0.2) is 0 Å². The molecule has 2 aromatic carbocycles. The first-order chi connectivity index (χ1) is 17.5. The lowest BCUT2D eigenvalue weighted by Gasteiger charge is -2.25. The van der Waals surface area contributed by atoms with Gasteiger partial charge in [0.2, 0.25) is 5.91 Å². The summed E-state index contributed by atoms with van der Waals surface area (Å²) in [6.07, 6.45) is 2.05. The van der Waals surface area contributed by atoms with Crippen LogP contribution in [0.2, 0.25) is 0 Å². The van der Waals surface area contributed by atoms with Crippen LogP contribution in [0.25, 0.3) is 11.3 Å². The van der Waals surface area contributed by atoms with Crippen molar-refractivity contribution in [1.82, 2.24) is 15.2 Å². The highest BCUT2D eigenvalue weighted by atomic mass is 79.9. The number of carbonyl (C=O) groups excluding carboxylic acids is 1. The van der Waals surface area contributed by atoms with Crippen LogP contribution in [0.5, 0.6) is 0 Å². The monoisotopic (exact) mass is 560 g/mol. The molecule has 0 bridgehead atoms. The Hall–Kier alpha value is -3.49. The van der Waals surface area contributed by atoms with Gasteiger partial charge in [-0.15, -0.1) is 0 Å². The zero-order valence-electron chi connectivity index (χ0n) is 19.6. The average molecular weight is 562 g/mol. The van der Waals surface area contributed by atoms with E-state index in [-0.39, 0.29) is 24.4 Å². The molecule has 0 saturated carbocycles. The quantitative estimate of drug-likeness (QED) is 0.254. The minimum Gasteiger partial charge on any atom is -0.459 e. The maximum Gasteiger partial charge on any atom is 0.226 e. The third-order valence-electron chi connectivity index (χ3n) is 6.16. The van der Waals surface area contributed by atoms with Crippen LogP contribution in [0.1, 0.15) is 35.5 Å². The molecule has 0 spiro atoms. The van der Waals surface area contributed by atoms with Crippen LogP contribution in [0.4, 0.5) is 5.69 Å². The highest BCUT2D eigenvalue weighted by molar-refractivity contribution is 9.10. The van der Waals surface area contributed by atoms with E-state index in [1.165, 1.54) is 0 Å². The molecule has 8 heteroatoms. The van der Waals surface area contributed by atoms with Crippen LogP contribution in [-0.4, -0.2) is 27.4 Å². The van der Waals surface area contributed by atoms with E-state index < -0.39 is 0 Å². The molecule has 2 atom stereocenters. The number of nitrogens with one attached hydrogen (secondary N) is 2. The zero-order chi connectivity index (χ0) is 25.1. The van der Waals surface area contributed by atoms with E-state index in [4.69, 9.17) is 16.6 Å². The molecular formula is C28H25BrN4O2S. The van der Waals surface area contributed by atoms with Gasteiger partial charge in [0, 0.05) is 34.9 Å². The second-order valence-corrected chi connectivity index (χ2v) is 10.00. The van der Waals surface area contributed by atoms with Crippen LogP contribution in [0.15, 0.2) is 93.9 Å². The van der Waals surface area contributed by atoms with Crippen molar-refractivity contribution in [3.63, 3.8) is 0 Å². The van der Waals surface area contributed by atoms with Gasteiger partial charge in [0.25, 0.3) is 0 Å². The zero-order valence-corrected chi connectivity index (χ0v) is 22.1. The fourth-order valence-electron chi connectivity index (χ4n) is 4.32. The molecule has 2 aromatic heterocycles. The number of aryl methyl sites for hydroxylation is 1. The minimum atomic E-state index is -0.247. The van der Waals surface area contributed by atoms with Crippen molar-refractivity contribution in [1.29, 1.82) is 0 Å². The second-order valence-electron chi connectivity index (χ2n) is 8.69. The first kappa shape index (κ1) is 24.2. The molecule has 3 heterocycles. The van der Waals surface area contributed by atoms with E-state index in [1.54, 1.807) is 6.20 Å². The summed E-state index contributed by atoms with van der Waals surface area (Å²) in [6.45, 7) is 2.45. The number of anilines is 1. The Labute approximate surface area is 223 Å². The molecule has 1 fully saturated rings. The summed E-state index contributed by atoms with van der Waals surface area (Å²) >= 11 is 9.19. The molecule has 36 heavy (non-hydrogen) atoms. The summed E-state index contributed by atoms with van der Waals surface area (Å²) in [6, 6.07) is 25.1. The molecule has 0 aliphatic carbocycles. The number of thiocarbonyl (C=S) groups is 1. The van der Waals surface area contributed by atoms with Gasteiger partial charge < -0.3 is 20.0 Å². The number of hydrogen-bond acceptors (Lipinski definition) is 4. The van der Waals surface area contributed by atoms with Crippen LogP contribution >= 0.6 is 28.1 Å². The fraction of sp³-hybridized carbons (Fsp3) is 0.179. The van der Waals surface area contributed by atoms with E-state index in [2.05, 4.69) is 31.5 Å². The van der Waals surface area contributed by atoms with E-state index in [0.717, 1.165) is 38.5 Å². The number of aromatic nitrogens is 1. The van der Waals surface area contributed by atoms with Crippen LogP contribution in [0.3, 0.4) is 0 Å². The maximum atomic E-state index is 12.7. The van der Waals surface area contributed by atoms with Crippen molar-refractivity contribution in [2.24, 2.45) is 0 Å². The van der Waals surface area contributed by atoms with Crippen molar-refractivity contribution in [2.75, 3.05) is 11.9 Å². The van der Waals surface area contributed by atoms with Crippen molar-refractivity contribution in [3.8, 4) is 11.3 Å². The first-order valence-electron chi connectivity index (χ1n) is 11.7. The topological polar surface area (TPSA) is 70.4 Å².